The predicted molar refractivity (Wildman–Crippen MR) is 43.5 cm³/mol. The van der Waals surface area contributed by atoms with Gasteiger partial charge < -0.3 is 10.2 Å². The molecule has 74 valence electrons. The lowest BCUT2D eigenvalue weighted by Gasteiger charge is -2.02. The maximum atomic E-state index is 10.7. The van der Waals surface area contributed by atoms with Gasteiger partial charge in [0, 0.05) is 0 Å². The highest BCUT2D eigenvalue weighted by atomic mass is 16.4. The molecule has 0 aromatic carbocycles. The van der Waals surface area contributed by atoms with Gasteiger partial charge in [0.15, 0.2) is 0 Å². The third-order valence-corrected chi connectivity index (χ3v) is 1.27. The molecule has 1 aromatic rings. The van der Waals surface area contributed by atoms with Crippen LogP contribution in [0.5, 0.6) is 0 Å². The van der Waals surface area contributed by atoms with E-state index in [2.05, 4.69) is 4.98 Å². The first-order valence-electron chi connectivity index (χ1n) is 3.33. The molecule has 0 fully saturated rings. The molecule has 0 unspecified atom stereocenters. The monoisotopic (exact) mass is 199 g/mol. The van der Waals surface area contributed by atoms with Crippen LogP contribution in [0.15, 0.2) is 11.0 Å². The Balaban J connectivity index is 3.22. The molecule has 1 heterocycles. The van der Waals surface area contributed by atoms with Crippen LogP contribution in [0.2, 0.25) is 0 Å². The first-order valence-corrected chi connectivity index (χ1v) is 3.33. The third-order valence-electron chi connectivity index (χ3n) is 1.27. The average Bonchev–Trinajstić information content (AvgIpc) is 2.01. The quantitative estimate of drug-likeness (QED) is 0.510. The van der Waals surface area contributed by atoms with Crippen molar-refractivity contribution in [3.05, 3.63) is 22.2 Å². The molecular formula is C6H5N3O5. The van der Waals surface area contributed by atoms with Crippen molar-refractivity contribution in [1.29, 1.82) is 0 Å². The molecule has 1 aromatic heterocycles. The van der Waals surface area contributed by atoms with Gasteiger partial charge in [-0.25, -0.2) is 19.4 Å². The van der Waals surface area contributed by atoms with E-state index in [1.807, 2.05) is 4.98 Å². The molecule has 8 heteroatoms. The second kappa shape index (κ2) is 3.56. The zero-order chi connectivity index (χ0) is 10.7. The first-order chi connectivity index (χ1) is 6.50. The van der Waals surface area contributed by atoms with Crippen molar-refractivity contribution in [3.8, 4) is 0 Å². The number of carboxylic acids is 1. The Labute approximate surface area is 76.2 Å². The van der Waals surface area contributed by atoms with E-state index in [4.69, 9.17) is 10.2 Å². The fourth-order valence-corrected chi connectivity index (χ4v) is 0.762. The fourth-order valence-electron chi connectivity index (χ4n) is 0.762. The number of amides is 1. The van der Waals surface area contributed by atoms with Crippen molar-refractivity contribution in [2.75, 3.05) is 5.32 Å². The van der Waals surface area contributed by atoms with E-state index in [0.717, 1.165) is 6.20 Å². The number of nitrogens with zero attached hydrogens (tertiary/aromatic N) is 1. The molecule has 1 amide bonds. The molecule has 0 spiro atoms. The van der Waals surface area contributed by atoms with Crippen molar-refractivity contribution >= 4 is 17.9 Å². The van der Waals surface area contributed by atoms with Crippen LogP contribution < -0.4 is 11.0 Å². The Morgan fingerprint density at radius 3 is 2.57 bits per heavy atom. The van der Waals surface area contributed by atoms with Gasteiger partial charge in [-0.2, -0.15) is 0 Å². The van der Waals surface area contributed by atoms with Gasteiger partial charge in [0.05, 0.1) is 6.20 Å². The normalized spacial score (nSPS) is 9.43. The zero-order valence-electron chi connectivity index (χ0n) is 6.64. The first kappa shape index (κ1) is 9.71. The number of aromatic nitrogens is 2. The molecule has 0 atom stereocenters. The number of anilines is 1. The smallest absolute Gasteiger partial charge is 0.410 e. The highest BCUT2D eigenvalue weighted by molar-refractivity contribution is 5.96. The summed E-state index contributed by atoms with van der Waals surface area (Å²) in [6.07, 6.45) is -0.707. The summed E-state index contributed by atoms with van der Waals surface area (Å²) >= 11 is 0. The van der Waals surface area contributed by atoms with E-state index in [-0.39, 0.29) is 0 Å². The van der Waals surface area contributed by atoms with Crippen molar-refractivity contribution in [2.45, 2.75) is 0 Å². The Bertz CT molecular complexity index is 437. The summed E-state index contributed by atoms with van der Waals surface area (Å²) in [5, 5.41) is 18.6. The number of H-pyrrole nitrogens is 1. The van der Waals surface area contributed by atoms with Crippen molar-refractivity contribution in [2.24, 2.45) is 0 Å². The fraction of sp³-hybridized carbons (Fsp3) is 0. The minimum absolute atomic E-state index is 0.412. The molecule has 14 heavy (non-hydrogen) atoms. The van der Waals surface area contributed by atoms with Gasteiger partial charge in [0.1, 0.15) is 11.4 Å². The highest BCUT2D eigenvalue weighted by Gasteiger charge is 2.13. The van der Waals surface area contributed by atoms with E-state index in [0.29, 0.717) is 0 Å². The minimum Gasteiger partial charge on any atom is -0.478 e. The number of aromatic amines is 1. The average molecular weight is 199 g/mol. The SMILES string of the molecule is O=C(O)Nc1[nH]c(=O)ncc1C(=O)O. The van der Waals surface area contributed by atoms with Gasteiger partial charge in [-0.15, -0.1) is 0 Å². The van der Waals surface area contributed by atoms with Crippen LogP contribution >= 0.6 is 0 Å². The summed E-state index contributed by atoms with van der Waals surface area (Å²) in [5.41, 5.74) is -1.26. The molecule has 1 rings (SSSR count). The lowest BCUT2D eigenvalue weighted by Crippen LogP contribution is -2.20. The topological polar surface area (TPSA) is 132 Å². The highest BCUT2D eigenvalue weighted by Crippen LogP contribution is 2.07. The van der Waals surface area contributed by atoms with Crippen LogP contribution in [0.25, 0.3) is 0 Å². The van der Waals surface area contributed by atoms with Crippen LogP contribution in [0.4, 0.5) is 10.6 Å². The van der Waals surface area contributed by atoms with Gasteiger partial charge in [0.2, 0.25) is 0 Å². The Hall–Kier alpha value is -2.38. The summed E-state index contributed by atoms with van der Waals surface area (Å²) in [6.45, 7) is 0. The number of aromatic carboxylic acids is 1. The molecule has 0 aliphatic carbocycles. The van der Waals surface area contributed by atoms with Crippen LogP contribution in [0, 0.1) is 0 Å². The van der Waals surface area contributed by atoms with E-state index < -0.39 is 29.1 Å². The maximum Gasteiger partial charge on any atom is 0.410 e. The largest absolute Gasteiger partial charge is 0.478 e. The molecule has 0 radical (unpaired) electrons. The van der Waals surface area contributed by atoms with E-state index in [9.17, 15) is 14.4 Å². The van der Waals surface area contributed by atoms with Crippen molar-refractivity contribution in [1.82, 2.24) is 9.97 Å². The number of hydrogen-bond donors (Lipinski definition) is 4. The molecule has 0 aliphatic heterocycles. The number of rotatable bonds is 2. The molecule has 0 saturated heterocycles. The van der Waals surface area contributed by atoms with E-state index in [1.165, 1.54) is 0 Å². The van der Waals surface area contributed by atoms with Gasteiger partial charge >= 0.3 is 17.8 Å². The molecular weight excluding hydrogens is 194 g/mol. The van der Waals surface area contributed by atoms with Crippen molar-refractivity contribution < 1.29 is 19.8 Å². The van der Waals surface area contributed by atoms with Crippen LogP contribution in [0.3, 0.4) is 0 Å². The maximum absolute atomic E-state index is 10.7. The summed E-state index contributed by atoms with van der Waals surface area (Å²) in [6, 6.07) is 0. The second-order valence-electron chi connectivity index (χ2n) is 2.21. The van der Waals surface area contributed by atoms with Gasteiger partial charge in [-0.1, -0.05) is 0 Å². The van der Waals surface area contributed by atoms with Crippen LogP contribution in [-0.4, -0.2) is 32.2 Å². The molecule has 4 N–H and O–H groups in total. The summed E-state index contributed by atoms with van der Waals surface area (Å²) in [4.78, 5) is 36.5. The van der Waals surface area contributed by atoms with Crippen molar-refractivity contribution in [3.63, 3.8) is 0 Å². The second-order valence-corrected chi connectivity index (χ2v) is 2.21. The molecule has 0 saturated carbocycles. The predicted octanol–water partition coefficient (Wildman–Crippen LogP) is -0.442. The van der Waals surface area contributed by atoms with Gasteiger partial charge in [-0.3, -0.25) is 10.3 Å². The zero-order valence-corrected chi connectivity index (χ0v) is 6.64. The number of carbonyl (C=O) groups is 2. The Morgan fingerprint density at radius 2 is 2.07 bits per heavy atom. The minimum atomic E-state index is -1.48. The molecule has 0 aliphatic rings. The van der Waals surface area contributed by atoms with Gasteiger partial charge in [-0.05, 0) is 0 Å². The summed E-state index contributed by atoms with van der Waals surface area (Å²) in [5.74, 6) is -1.80. The van der Waals surface area contributed by atoms with E-state index in [1.54, 1.807) is 5.32 Å². The Kier molecular flexibility index (Phi) is 2.47. The van der Waals surface area contributed by atoms with E-state index >= 15 is 0 Å². The van der Waals surface area contributed by atoms with Gasteiger partial charge in [0.25, 0.3) is 0 Å². The standard InChI is InChI=1S/C6H5N3O5/c10-4(11)2-1-7-5(12)8-3(2)9-6(13)14/h1H,(H,10,11)(H,13,14)(H2,7,8,9,12). The molecule has 8 nitrogen and oxygen atoms in total. The lowest BCUT2D eigenvalue weighted by atomic mass is 10.3. The number of hydrogen-bond acceptors (Lipinski definition) is 4. The number of nitrogens with one attached hydrogen (secondary N) is 2. The lowest BCUT2D eigenvalue weighted by molar-refractivity contribution is 0.0697. The number of carboxylic acid groups (broad SMARTS) is 2. The third kappa shape index (κ3) is 2.06. The molecule has 0 bridgehead atoms. The Morgan fingerprint density at radius 1 is 1.43 bits per heavy atom. The van der Waals surface area contributed by atoms with Crippen LogP contribution in [-0.2, 0) is 0 Å². The summed E-state index contributed by atoms with van der Waals surface area (Å²) in [7, 11) is 0. The summed E-state index contributed by atoms with van der Waals surface area (Å²) < 4.78 is 0. The van der Waals surface area contributed by atoms with Crippen LogP contribution in [0.1, 0.15) is 10.4 Å².